The van der Waals surface area contributed by atoms with Crippen molar-refractivity contribution in [2.24, 2.45) is 11.8 Å². The fraction of sp³-hybridized carbons (Fsp3) is 1.00. The largest absolute Gasteiger partial charge is 0.271 e. The van der Waals surface area contributed by atoms with Gasteiger partial charge in [0.15, 0.2) is 0 Å². The molecule has 2 atom stereocenters. The van der Waals surface area contributed by atoms with E-state index in [9.17, 15) is 0 Å². The highest BCUT2D eigenvalue weighted by molar-refractivity contribution is 4.69. The molecular formula is C13H30N2. The van der Waals surface area contributed by atoms with Crippen LogP contribution in [0.25, 0.3) is 0 Å². The third-order valence-corrected chi connectivity index (χ3v) is 3.41. The Balaban J connectivity index is 3.38. The van der Waals surface area contributed by atoms with E-state index >= 15 is 0 Å². The van der Waals surface area contributed by atoms with Gasteiger partial charge >= 0.3 is 0 Å². The molecule has 0 aromatic rings. The maximum Gasteiger partial charge on any atom is 0.0236 e. The Morgan fingerprint density at radius 1 is 1.00 bits per heavy atom. The average molecular weight is 214 g/mol. The topological polar surface area (TPSA) is 38.0 Å². The van der Waals surface area contributed by atoms with Crippen molar-refractivity contribution in [3.05, 3.63) is 0 Å². The van der Waals surface area contributed by atoms with Crippen LogP contribution in [0.5, 0.6) is 0 Å². The van der Waals surface area contributed by atoms with E-state index in [0.29, 0.717) is 12.0 Å². The zero-order chi connectivity index (χ0) is 11.5. The first-order chi connectivity index (χ1) is 7.26. The van der Waals surface area contributed by atoms with E-state index in [1.54, 1.807) is 0 Å². The number of hydrogen-bond donors (Lipinski definition) is 2. The molecule has 2 nitrogen and oxygen atoms in total. The lowest BCUT2D eigenvalue weighted by molar-refractivity contribution is 0.341. The molecule has 0 fully saturated rings. The number of hydrogen-bond acceptors (Lipinski definition) is 2. The molecule has 0 saturated heterocycles. The second-order valence-electron chi connectivity index (χ2n) is 4.72. The lowest BCUT2D eigenvalue weighted by Crippen LogP contribution is -2.39. The highest BCUT2D eigenvalue weighted by atomic mass is 15.2. The van der Waals surface area contributed by atoms with Crippen molar-refractivity contribution in [3.63, 3.8) is 0 Å². The summed E-state index contributed by atoms with van der Waals surface area (Å²) in [6.07, 6.45) is 10.7. The summed E-state index contributed by atoms with van der Waals surface area (Å²) < 4.78 is 0. The van der Waals surface area contributed by atoms with Crippen molar-refractivity contribution < 1.29 is 0 Å². The third kappa shape index (κ3) is 7.80. The van der Waals surface area contributed by atoms with Crippen LogP contribution in [0.1, 0.15) is 72.1 Å². The van der Waals surface area contributed by atoms with Gasteiger partial charge in [0, 0.05) is 6.04 Å². The van der Waals surface area contributed by atoms with Gasteiger partial charge in [-0.1, -0.05) is 65.7 Å². The van der Waals surface area contributed by atoms with E-state index in [2.05, 4.69) is 26.2 Å². The molecule has 0 bridgehead atoms. The summed E-state index contributed by atoms with van der Waals surface area (Å²) in [7, 11) is 0. The maximum absolute atomic E-state index is 5.56. The van der Waals surface area contributed by atoms with Gasteiger partial charge in [0.05, 0.1) is 0 Å². The third-order valence-electron chi connectivity index (χ3n) is 3.41. The number of nitrogens with one attached hydrogen (secondary N) is 1. The van der Waals surface area contributed by atoms with Crippen LogP contribution in [0.2, 0.25) is 0 Å². The van der Waals surface area contributed by atoms with E-state index in [-0.39, 0.29) is 0 Å². The second-order valence-corrected chi connectivity index (χ2v) is 4.72. The predicted octanol–water partition coefficient (Wildman–Crippen LogP) is 3.62. The Labute approximate surface area is 96.0 Å². The van der Waals surface area contributed by atoms with E-state index in [0.717, 1.165) is 0 Å². The van der Waals surface area contributed by atoms with Gasteiger partial charge in [-0.2, -0.15) is 0 Å². The zero-order valence-electron chi connectivity index (χ0n) is 10.9. The summed E-state index contributed by atoms with van der Waals surface area (Å²) in [4.78, 5) is 0. The first-order valence-electron chi connectivity index (χ1n) is 6.72. The standard InChI is InChI=1S/C13H30N2/c1-4-6-7-8-9-10-11-13(15-14)12(3)5-2/h12-13,15H,4-11,14H2,1-3H3. The van der Waals surface area contributed by atoms with Gasteiger partial charge < -0.3 is 0 Å². The lowest BCUT2D eigenvalue weighted by atomic mass is 9.94. The summed E-state index contributed by atoms with van der Waals surface area (Å²) in [5.74, 6) is 6.26. The summed E-state index contributed by atoms with van der Waals surface area (Å²) in [6, 6.07) is 0.515. The molecule has 0 heterocycles. The summed E-state index contributed by atoms with van der Waals surface area (Å²) in [6.45, 7) is 6.77. The normalized spacial score (nSPS) is 15.2. The van der Waals surface area contributed by atoms with Crippen molar-refractivity contribution in [3.8, 4) is 0 Å². The molecule has 0 aromatic heterocycles. The molecular weight excluding hydrogens is 184 g/mol. The fourth-order valence-corrected chi connectivity index (χ4v) is 1.96. The minimum absolute atomic E-state index is 0.515. The Morgan fingerprint density at radius 3 is 2.13 bits per heavy atom. The van der Waals surface area contributed by atoms with Gasteiger partial charge in [-0.25, -0.2) is 0 Å². The zero-order valence-corrected chi connectivity index (χ0v) is 10.9. The van der Waals surface area contributed by atoms with E-state index in [1.165, 1.54) is 51.4 Å². The number of unbranched alkanes of at least 4 members (excludes halogenated alkanes) is 5. The number of hydrazine groups is 1. The van der Waals surface area contributed by atoms with Gasteiger partial charge in [-0.3, -0.25) is 11.3 Å². The molecule has 92 valence electrons. The first-order valence-corrected chi connectivity index (χ1v) is 6.72. The molecule has 0 rings (SSSR count). The highest BCUT2D eigenvalue weighted by Gasteiger charge is 2.12. The van der Waals surface area contributed by atoms with Crippen molar-refractivity contribution in [1.82, 2.24) is 5.43 Å². The van der Waals surface area contributed by atoms with E-state index in [4.69, 9.17) is 5.84 Å². The average Bonchev–Trinajstić information content (AvgIpc) is 2.27. The van der Waals surface area contributed by atoms with Crippen LogP contribution in [0.15, 0.2) is 0 Å². The Hall–Kier alpha value is -0.0800. The molecule has 2 unspecified atom stereocenters. The van der Waals surface area contributed by atoms with Gasteiger partial charge in [-0.15, -0.1) is 0 Å². The Morgan fingerprint density at radius 2 is 1.60 bits per heavy atom. The Kier molecular flexibility index (Phi) is 10.4. The number of nitrogens with two attached hydrogens (primary N) is 1. The van der Waals surface area contributed by atoms with Crippen LogP contribution in [0, 0.1) is 5.92 Å². The van der Waals surface area contributed by atoms with Crippen molar-refractivity contribution >= 4 is 0 Å². The molecule has 0 aliphatic rings. The smallest absolute Gasteiger partial charge is 0.0236 e. The van der Waals surface area contributed by atoms with Crippen LogP contribution >= 0.6 is 0 Å². The quantitative estimate of drug-likeness (QED) is 0.331. The predicted molar refractivity (Wildman–Crippen MR) is 68.6 cm³/mol. The van der Waals surface area contributed by atoms with Crippen LogP contribution in [0.3, 0.4) is 0 Å². The molecule has 15 heavy (non-hydrogen) atoms. The molecule has 0 aliphatic heterocycles. The molecule has 0 saturated carbocycles. The minimum Gasteiger partial charge on any atom is -0.271 e. The maximum atomic E-state index is 5.56. The van der Waals surface area contributed by atoms with Crippen molar-refractivity contribution in [1.29, 1.82) is 0 Å². The molecule has 0 spiro atoms. The van der Waals surface area contributed by atoms with Gasteiger partial charge in [0.2, 0.25) is 0 Å². The van der Waals surface area contributed by atoms with Gasteiger partial charge in [0.1, 0.15) is 0 Å². The molecule has 0 aliphatic carbocycles. The van der Waals surface area contributed by atoms with Gasteiger partial charge in [-0.05, 0) is 12.3 Å². The van der Waals surface area contributed by atoms with E-state index < -0.39 is 0 Å². The monoisotopic (exact) mass is 214 g/mol. The minimum atomic E-state index is 0.515. The van der Waals surface area contributed by atoms with Crippen molar-refractivity contribution in [2.45, 2.75) is 78.2 Å². The fourth-order valence-electron chi connectivity index (χ4n) is 1.96. The highest BCUT2D eigenvalue weighted by Crippen LogP contribution is 2.15. The summed E-state index contributed by atoms with van der Waals surface area (Å²) >= 11 is 0. The van der Waals surface area contributed by atoms with Crippen LogP contribution < -0.4 is 11.3 Å². The van der Waals surface area contributed by atoms with Gasteiger partial charge in [0.25, 0.3) is 0 Å². The summed E-state index contributed by atoms with van der Waals surface area (Å²) in [5.41, 5.74) is 2.95. The molecule has 0 aromatic carbocycles. The summed E-state index contributed by atoms with van der Waals surface area (Å²) in [5, 5.41) is 0. The molecule has 0 radical (unpaired) electrons. The van der Waals surface area contributed by atoms with Crippen LogP contribution in [0.4, 0.5) is 0 Å². The number of rotatable bonds is 10. The van der Waals surface area contributed by atoms with Crippen molar-refractivity contribution in [2.75, 3.05) is 0 Å². The van der Waals surface area contributed by atoms with E-state index in [1.807, 2.05) is 0 Å². The SMILES string of the molecule is CCCCCCCCC(NN)C(C)CC. The molecule has 2 heteroatoms. The van der Waals surface area contributed by atoms with Crippen LogP contribution in [-0.4, -0.2) is 6.04 Å². The lowest BCUT2D eigenvalue weighted by Gasteiger charge is -2.21. The van der Waals surface area contributed by atoms with Crippen LogP contribution in [-0.2, 0) is 0 Å². The molecule has 3 N–H and O–H groups in total. The second kappa shape index (κ2) is 10.4. The Bertz CT molecular complexity index is 126. The molecule has 0 amide bonds. The first kappa shape index (κ1) is 14.9.